The average molecular weight is 263 g/mol. The lowest BCUT2D eigenvalue weighted by Gasteiger charge is -2.36. The molecule has 0 bridgehead atoms. The van der Waals surface area contributed by atoms with Gasteiger partial charge in [-0.15, -0.1) is 11.3 Å². The smallest absolute Gasteiger partial charge is 0.104 e. The Bertz CT molecular complexity index is 443. The molecule has 0 radical (unpaired) electrons. The molecule has 2 unspecified atom stereocenters. The summed E-state index contributed by atoms with van der Waals surface area (Å²) in [6, 6.07) is 4.91. The van der Waals surface area contributed by atoms with E-state index in [-0.39, 0.29) is 6.61 Å². The van der Waals surface area contributed by atoms with Gasteiger partial charge in [0.25, 0.3) is 0 Å². The zero-order valence-electron chi connectivity index (χ0n) is 11.1. The maximum absolute atomic E-state index is 8.68. The zero-order chi connectivity index (χ0) is 13.0. The van der Waals surface area contributed by atoms with Crippen molar-refractivity contribution >= 4 is 11.3 Å². The fourth-order valence-corrected chi connectivity index (χ4v) is 3.37. The van der Waals surface area contributed by atoms with E-state index in [4.69, 9.17) is 5.11 Å². The summed E-state index contributed by atoms with van der Waals surface area (Å²) >= 11 is 1.74. The SMILES string of the molecule is CC1CCC(C)N(Cc2ccc(C#CCO)s2)C1. The normalized spacial score (nSPS) is 24.6. The lowest BCUT2D eigenvalue weighted by atomic mass is 9.95. The third kappa shape index (κ3) is 3.58. The van der Waals surface area contributed by atoms with Crippen LogP contribution >= 0.6 is 11.3 Å². The summed E-state index contributed by atoms with van der Waals surface area (Å²) in [5.41, 5.74) is 0. The van der Waals surface area contributed by atoms with Crippen molar-refractivity contribution in [3.63, 3.8) is 0 Å². The molecule has 98 valence electrons. The van der Waals surface area contributed by atoms with Gasteiger partial charge in [0.15, 0.2) is 0 Å². The first-order valence-corrected chi connectivity index (χ1v) is 7.43. The molecule has 0 saturated carbocycles. The van der Waals surface area contributed by atoms with E-state index in [9.17, 15) is 0 Å². The third-order valence-electron chi connectivity index (χ3n) is 3.56. The summed E-state index contributed by atoms with van der Waals surface area (Å²) in [5, 5.41) is 8.68. The standard InChI is InChI=1S/C15H21NOS/c1-12-5-6-13(2)16(10-12)11-15-8-7-14(18-15)4-3-9-17/h7-8,12-13,17H,5-6,9-11H2,1-2H3. The summed E-state index contributed by atoms with van der Waals surface area (Å²) in [4.78, 5) is 5.00. The van der Waals surface area contributed by atoms with Crippen molar-refractivity contribution in [1.82, 2.24) is 4.90 Å². The van der Waals surface area contributed by atoms with Crippen LogP contribution in [-0.4, -0.2) is 29.2 Å². The van der Waals surface area contributed by atoms with Gasteiger partial charge in [0.2, 0.25) is 0 Å². The Hall–Kier alpha value is -0.820. The van der Waals surface area contributed by atoms with E-state index in [0.29, 0.717) is 6.04 Å². The lowest BCUT2D eigenvalue weighted by Crippen LogP contribution is -2.40. The number of aliphatic hydroxyl groups is 1. The van der Waals surface area contributed by atoms with Crippen molar-refractivity contribution in [2.45, 2.75) is 39.3 Å². The first-order chi connectivity index (χ1) is 8.69. The van der Waals surface area contributed by atoms with E-state index >= 15 is 0 Å². The minimum absolute atomic E-state index is 0.0616. The molecular weight excluding hydrogens is 242 g/mol. The minimum atomic E-state index is -0.0616. The predicted molar refractivity (Wildman–Crippen MR) is 76.6 cm³/mol. The maximum Gasteiger partial charge on any atom is 0.104 e. The number of likely N-dealkylation sites (tertiary alicyclic amines) is 1. The van der Waals surface area contributed by atoms with E-state index in [1.807, 2.05) is 0 Å². The fraction of sp³-hybridized carbons (Fsp3) is 0.600. The van der Waals surface area contributed by atoms with Crippen molar-refractivity contribution in [1.29, 1.82) is 0 Å². The van der Waals surface area contributed by atoms with Gasteiger partial charge in [0.1, 0.15) is 6.61 Å². The summed E-state index contributed by atoms with van der Waals surface area (Å²) < 4.78 is 0. The van der Waals surface area contributed by atoms with E-state index in [0.717, 1.165) is 17.3 Å². The van der Waals surface area contributed by atoms with Gasteiger partial charge in [-0.2, -0.15) is 0 Å². The Morgan fingerprint density at radius 1 is 1.39 bits per heavy atom. The molecule has 1 N–H and O–H groups in total. The topological polar surface area (TPSA) is 23.5 Å². The average Bonchev–Trinajstić information content (AvgIpc) is 2.79. The largest absolute Gasteiger partial charge is 0.384 e. The summed E-state index contributed by atoms with van der Waals surface area (Å²) in [6.45, 7) is 6.85. The first kappa shape index (κ1) is 13.6. The molecule has 1 aliphatic rings. The Morgan fingerprint density at radius 2 is 2.22 bits per heavy atom. The molecule has 2 atom stereocenters. The predicted octanol–water partition coefficient (Wildman–Crippen LogP) is 2.71. The van der Waals surface area contributed by atoms with Gasteiger partial charge in [-0.25, -0.2) is 0 Å². The summed E-state index contributed by atoms with van der Waals surface area (Å²) in [6.07, 6.45) is 2.67. The molecule has 18 heavy (non-hydrogen) atoms. The summed E-state index contributed by atoms with van der Waals surface area (Å²) in [7, 11) is 0. The fourth-order valence-electron chi connectivity index (χ4n) is 2.46. The molecule has 2 heterocycles. The second-order valence-electron chi connectivity index (χ2n) is 5.19. The van der Waals surface area contributed by atoms with Crippen molar-refractivity contribution in [3.05, 3.63) is 21.9 Å². The zero-order valence-corrected chi connectivity index (χ0v) is 12.0. The number of hydrogen-bond acceptors (Lipinski definition) is 3. The highest BCUT2D eigenvalue weighted by molar-refractivity contribution is 7.12. The van der Waals surface area contributed by atoms with Crippen LogP contribution in [0.25, 0.3) is 0 Å². The van der Waals surface area contributed by atoms with Crippen molar-refractivity contribution in [2.24, 2.45) is 5.92 Å². The second-order valence-corrected chi connectivity index (χ2v) is 6.36. The molecule has 0 aliphatic carbocycles. The number of hydrogen-bond donors (Lipinski definition) is 1. The highest BCUT2D eigenvalue weighted by Crippen LogP contribution is 2.25. The Balaban J connectivity index is 1.98. The number of piperidine rings is 1. The maximum atomic E-state index is 8.68. The highest BCUT2D eigenvalue weighted by atomic mass is 32.1. The van der Waals surface area contributed by atoms with Gasteiger partial charge in [-0.1, -0.05) is 18.8 Å². The van der Waals surface area contributed by atoms with E-state index < -0.39 is 0 Å². The van der Waals surface area contributed by atoms with Gasteiger partial charge in [0, 0.05) is 24.0 Å². The van der Waals surface area contributed by atoms with Crippen LogP contribution in [0.1, 0.15) is 36.4 Å². The molecular formula is C15H21NOS. The molecule has 3 heteroatoms. The second kappa shape index (κ2) is 6.38. The van der Waals surface area contributed by atoms with Crippen LogP contribution < -0.4 is 0 Å². The summed E-state index contributed by atoms with van der Waals surface area (Å²) in [5.74, 6) is 6.49. The lowest BCUT2D eigenvalue weighted by molar-refractivity contribution is 0.118. The van der Waals surface area contributed by atoms with Gasteiger partial charge in [0.05, 0.1) is 4.88 Å². The van der Waals surface area contributed by atoms with Crippen molar-refractivity contribution in [3.8, 4) is 11.8 Å². The third-order valence-corrected chi connectivity index (χ3v) is 4.54. The minimum Gasteiger partial charge on any atom is -0.384 e. The van der Waals surface area contributed by atoms with Crippen LogP contribution in [0.5, 0.6) is 0 Å². The monoisotopic (exact) mass is 263 g/mol. The van der Waals surface area contributed by atoms with Crippen LogP contribution in [0.3, 0.4) is 0 Å². The van der Waals surface area contributed by atoms with Crippen LogP contribution in [0.4, 0.5) is 0 Å². The van der Waals surface area contributed by atoms with E-state index in [1.165, 1.54) is 24.3 Å². The number of rotatable bonds is 2. The molecule has 0 amide bonds. The molecule has 1 aromatic rings. The molecule has 2 rings (SSSR count). The molecule has 1 fully saturated rings. The molecule has 1 aliphatic heterocycles. The number of nitrogens with zero attached hydrogens (tertiary/aromatic N) is 1. The van der Waals surface area contributed by atoms with Crippen LogP contribution in [-0.2, 0) is 6.54 Å². The Labute approximate surface area is 114 Å². The van der Waals surface area contributed by atoms with Gasteiger partial charge >= 0.3 is 0 Å². The molecule has 1 saturated heterocycles. The van der Waals surface area contributed by atoms with Gasteiger partial charge in [-0.05, 0) is 37.8 Å². The molecule has 0 spiro atoms. The van der Waals surface area contributed by atoms with Crippen LogP contribution in [0.2, 0.25) is 0 Å². The van der Waals surface area contributed by atoms with E-state index in [1.54, 1.807) is 11.3 Å². The quantitative estimate of drug-likeness (QED) is 0.829. The van der Waals surface area contributed by atoms with Crippen molar-refractivity contribution in [2.75, 3.05) is 13.2 Å². The van der Waals surface area contributed by atoms with Gasteiger partial charge in [-0.3, -0.25) is 4.90 Å². The Kier molecular flexibility index (Phi) is 4.82. The van der Waals surface area contributed by atoms with Crippen LogP contribution in [0, 0.1) is 17.8 Å². The van der Waals surface area contributed by atoms with E-state index in [2.05, 4.69) is 42.7 Å². The highest BCUT2D eigenvalue weighted by Gasteiger charge is 2.22. The molecule has 1 aromatic heterocycles. The van der Waals surface area contributed by atoms with Gasteiger partial charge < -0.3 is 5.11 Å². The van der Waals surface area contributed by atoms with Crippen LogP contribution in [0.15, 0.2) is 12.1 Å². The molecule has 0 aromatic carbocycles. The molecule has 2 nitrogen and oxygen atoms in total. The van der Waals surface area contributed by atoms with Crippen molar-refractivity contribution < 1.29 is 5.11 Å². The first-order valence-electron chi connectivity index (χ1n) is 6.61. The Morgan fingerprint density at radius 3 is 3.00 bits per heavy atom. The number of aliphatic hydroxyl groups excluding tert-OH is 1. The number of thiophene rings is 1.